The summed E-state index contributed by atoms with van der Waals surface area (Å²) in [7, 11) is -3.54. The number of amides is 1. The first-order valence-corrected chi connectivity index (χ1v) is 9.98. The minimum atomic E-state index is -3.54. The van der Waals surface area contributed by atoms with Crippen LogP contribution in [0.5, 0.6) is 0 Å². The average molecular weight is 360 g/mol. The third kappa shape index (κ3) is 5.60. The number of carbonyl (C=O) groups is 1. The molecule has 134 valence electrons. The van der Waals surface area contributed by atoms with Crippen LogP contribution in [0.4, 0.5) is 5.69 Å². The van der Waals surface area contributed by atoms with Gasteiger partial charge >= 0.3 is 0 Å². The van der Waals surface area contributed by atoms with Crippen molar-refractivity contribution in [2.75, 3.05) is 23.7 Å². The molecule has 0 bridgehead atoms. The molecule has 1 amide bonds. The summed E-state index contributed by atoms with van der Waals surface area (Å²) in [6, 6.07) is 16.9. The molecular weight excluding hydrogens is 336 g/mol. The SMILES string of the molecule is Cc1ccc(N(CC(=O)NC[C@H](C)c2ccccc2)S(C)(=O)=O)cc1. The lowest BCUT2D eigenvalue weighted by atomic mass is 10.0. The van der Waals surface area contributed by atoms with Crippen molar-refractivity contribution < 1.29 is 13.2 Å². The van der Waals surface area contributed by atoms with Crippen molar-refractivity contribution >= 4 is 21.6 Å². The number of hydrogen-bond acceptors (Lipinski definition) is 3. The zero-order chi connectivity index (χ0) is 18.4. The van der Waals surface area contributed by atoms with Crippen molar-refractivity contribution in [1.82, 2.24) is 5.32 Å². The fourth-order valence-corrected chi connectivity index (χ4v) is 3.32. The van der Waals surface area contributed by atoms with E-state index < -0.39 is 10.0 Å². The zero-order valence-electron chi connectivity index (χ0n) is 14.8. The van der Waals surface area contributed by atoms with Gasteiger partial charge in [-0.2, -0.15) is 0 Å². The molecule has 0 heterocycles. The Kier molecular flexibility index (Phi) is 6.20. The fraction of sp³-hybridized carbons (Fsp3) is 0.316. The molecule has 0 aliphatic carbocycles. The van der Waals surface area contributed by atoms with Gasteiger partial charge in [0.15, 0.2) is 0 Å². The van der Waals surface area contributed by atoms with Gasteiger partial charge in [0, 0.05) is 6.54 Å². The van der Waals surface area contributed by atoms with E-state index >= 15 is 0 Å². The Balaban J connectivity index is 2.01. The van der Waals surface area contributed by atoms with Crippen LogP contribution in [0.2, 0.25) is 0 Å². The third-order valence-electron chi connectivity index (χ3n) is 3.98. The molecule has 5 nitrogen and oxygen atoms in total. The summed E-state index contributed by atoms with van der Waals surface area (Å²) in [6.07, 6.45) is 1.10. The Morgan fingerprint density at radius 2 is 1.68 bits per heavy atom. The molecule has 2 aromatic carbocycles. The molecule has 0 radical (unpaired) electrons. The summed E-state index contributed by atoms with van der Waals surface area (Å²) >= 11 is 0. The number of hydrogen-bond donors (Lipinski definition) is 1. The second-order valence-electron chi connectivity index (χ2n) is 6.22. The van der Waals surface area contributed by atoms with Gasteiger partial charge in [-0.3, -0.25) is 9.10 Å². The van der Waals surface area contributed by atoms with E-state index in [9.17, 15) is 13.2 Å². The highest BCUT2D eigenvalue weighted by Crippen LogP contribution is 2.18. The maximum Gasteiger partial charge on any atom is 0.240 e. The molecule has 0 fully saturated rings. The monoisotopic (exact) mass is 360 g/mol. The van der Waals surface area contributed by atoms with Crippen LogP contribution in [0.25, 0.3) is 0 Å². The van der Waals surface area contributed by atoms with Crippen molar-refractivity contribution in [1.29, 1.82) is 0 Å². The Morgan fingerprint density at radius 3 is 2.24 bits per heavy atom. The largest absolute Gasteiger partial charge is 0.354 e. The number of nitrogens with one attached hydrogen (secondary N) is 1. The molecule has 0 unspecified atom stereocenters. The van der Waals surface area contributed by atoms with Crippen molar-refractivity contribution in [3.8, 4) is 0 Å². The molecular formula is C19H24N2O3S. The van der Waals surface area contributed by atoms with Crippen molar-refractivity contribution in [2.45, 2.75) is 19.8 Å². The Bertz CT molecular complexity index is 802. The van der Waals surface area contributed by atoms with Gasteiger partial charge in [0.05, 0.1) is 11.9 Å². The Morgan fingerprint density at radius 1 is 1.08 bits per heavy atom. The number of carbonyl (C=O) groups excluding carboxylic acids is 1. The van der Waals surface area contributed by atoms with Gasteiger partial charge in [-0.15, -0.1) is 0 Å². The highest BCUT2D eigenvalue weighted by molar-refractivity contribution is 7.92. The van der Waals surface area contributed by atoms with E-state index in [1.54, 1.807) is 12.1 Å². The van der Waals surface area contributed by atoms with Gasteiger partial charge in [-0.05, 0) is 30.5 Å². The minimum absolute atomic E-state index is 0.149. The third-order valence-corrected chi connectivity index (χ3v) is 5.12. The molecule has 1 N–H and O–H groups in total. The van der Waals surface area contributed by atoms with E-state index in [2.05, 4.69) is 5.32 Å². The van der Waals surface area contributed by atoms with Crippen LogP contribution in [0.15, 0.2) is 54.6 Å². The summed E-state index contributed by atoms with van der Waals surface area (Å²) in [5.41, 5.74) is 2.64. The maximum absolute atomic E-state index is 12.3. The van der Waals surface area contributed by atoms with E-state index in [1.807, 2.05) is 56.3 Å². The van der Waals surface area contributed by atoms with Crippen LogP contribution < -0.4 is 9.62 Å². The average Bonchev–Trinajstić information content (AvgIpc) is 2.58. The van der Waals surface area contributed by atoms with Crippen LogP contribution in [0, 0.1) is 6.92 Å². The number of aryl methyl sites for hydroxylation is 1. The first-order chi connectivity index (χ1) is 11.8. The van der Waals surface area contributed by atoms with Crippen LogP contribution >= 0.6 is 0 Å². The second kappa shape index (κ2) is 8.16. The van der Waals surface area contributed by atoms with Gasteiger partial charge in [0.1, 0.15) is 6.54 Å². The van der Waals surface area contributed by atoms with Gasteiger partial charge in [-0.1, -0.05) is 55.0 Å². The van der Waals surface area contributed by atoms with E-state index in [-0.39, 0.29) is 18.4 Å². The Labute approximate surface area is 149 Å². The predicted octanol–water partition coefficient (Wildman–Crippen LogP) is 2.68. The van der Waals surface area contributed by atoms with Gasteiger partial charge in [0.25, 0.3) is 0 Å². The molecule has 1 atom stereocenters. The first-order valence-electron chi connectivity index (χ1n) is 8.13. The molecule has 25 heavy (non-hydrogen) atoms. The molecule has 0 aliphatic rings. The normalized spacial score (nSPS) is 12.4. The summed E-state index contributed by atoms with van der Waals surface area (Å²) in [6.45, 7) is 4.16. The van der Waals surface area contributed by atoms with Crippen molar-refractivity contribution in [3.63, 3.8) is 0 Å². The number of rotatable bonds is 7. The van der Waals surface area contributed by atoms with Crippen LogP contribution in [-0.2, 0) is 14.8 Å². The summed E-state index contributed by atoms with van der Waals surface area (Å²) in [4.78, 5) is 12.3. The highest BCUT2D eigenvalue weighted by atomic mass is 32.2. The smallest absolute Gasteiger partial charge is 0.240 e. The van der Waals surface area contributed by atoms with Crippen LogP contribution in [0.3, 0.4) is 0 Å². The highest BCUT2D eigenvalue weighted by Gasteiger charge is 2.21. The van der Waals surface area contributed by atoms with Crippen molar-refractivity contribution in [3.05, 3.63) is 65.7 Å². The quantitative estimate of drug-likeness (QED) is 0.825. The second-order valence-corrected chi connectivity index (χ2v) is 8.13. The van der Waals surface area contributed by atoms with E-state index in [0.717, 1.165) is 21.7 Å². The lowest BCUT2D eigenvalue weighted by molar-refractivity contribution is -0.119. The van der Waals surface area contributed by atoms with Crippen molar-refractivity contribution in [2.24, 2.45) is 0 Å². The maximum atomic E-state index is 12.3. The molecule has 0 spiro atoms. The van der Waals surface area contributed by atoms with E-state index in [0.29, 0.717) is 12.2 Å². The number of sulfonamides is 1. The number of nitrogens with zero attached hydrogens (tertiary/aromatic N) is 1. The van der Waals surface area contributed by atoms with Gasteiger partial charge < -0.3 is 5.32 Å². The lowest BCUT2D eigenvalue weighted by Gasteiger charge is -2.22. The zero-order valence-corrected chi connectivity index (χ0v) is 15.6. The molecule has 0 saturated heterocycles. The number of anilines is 1. The standard InChI is InChI=1S/C19H24N2O3S/c1-15-9-11-18(12-10-15)21(25(3,23)24)14-19(22)20-13-16(2)17-7-5-4-6-8-17/h4-12,16H,13-14H2,1-3H3,(H,20,22)/t16-/m0/s1. The summed E-state index contributed by atoms with van der Waals surface area (Å²) < 4.78 is 25.2. The predicted molar refractivity (Wildman–Crippen MR) is 101 cm³/mol. The van der Waals surface area contributed by atoms with Gasteiger partial charge in [-0.25, -0.2) is 8.42 Å². The fourth-order valence-electron chi connectivity index (χ4n) is 2.46. The van der Waals surface area contributed by atoms with Crippen LogP contribution in [0.1, 0.15) is 24.0 Å². The van der Waals surface area contributed by atoms with Gasteiger partial charge in [0.2, 0.25) is 15.9 Å². The first kappa shape index (κ1) is 19.0. The molecule has 0 saturated carbocycles. The topological polar surface area (TPSA) is 66.5 Å². The van der Waals surface area contributed by atoms with Crippen LogP contribution in [-0.4, -0.2) is 33.7 Å². The molecule has 2 rings (SSSR count). The molecule has 6 heteroatoms. The number of benzene rings is 2. The summed E-state index contributed by atoms with van der Waals surface area (Å²) in [5, 5.41) is 2.82. The van der Waals surface area contributed by atoms with E-state index in [1.165, 1.54) is 0 Å². The molecule has 0 aliphatic heterocycles. The minimum Gasteiger partial charge on any atom is -0.354 e. The molecule has 2 aromatic rings. The van der Waals surface area contributed by atoms with E-state index in [4.69, 9.17) is 0 Å². The molecule has 0 aromatic heterocycles. The summed E-state index contributed by atoms with van der Waals surface area (Å²) in [5.74, 6) is -0.176. The lowest BCUT2D eigenvalue weighted by Crippen LogP contribution is -2.41. The Hall–Kier alpha value is -2.34.